The number of methoxy groups -OCH3 is 1. The number of rotatable bonds is 6. The summed E-state index contributed by atoms with van der Waals surface area (Å²) in [6.07, 6.45) is 2.48. The zero-order valence-corrected chi connectivity index (χ0v) is 18.9. The first-order valence-electron chi connectivity index (χ1n) is 10.3. The summed E-state index contributed by atoms with van der Waals surface area (Å²) in [6, 6.07) is 3.40. The van der Waals surface area contributed by atoms with E-state index < -0.39 is 0 Å². The summed E-state index contributed by atoms with van der Waals surface area (Å²) in [7, 11) is 3.43. The fourth-order valence-corrected chi connectivity index (χ4v) is 4.63. The number of fused-ring (bicyclic) bond motifs is 1. The number of ether oxygens (including phenoxy) is 1. The van der Waals surface area contributed by atoms with Crippen molar-refractivity contribution in [2.24, 2.45) is 7.05 Å². The van der Waals surface area contributed by atoms with Gasteiger partial charge in [0.25, 0.3) is 11.5 Å². The van der Waals surface area contributed by atoms with Crippen LogP contribution >= 0.6 is 11.3 Å². The number of carbonyl (C=O) groups excluding carboxylic acids is 1. The third-order valence-corrected chi connectivity index (χ3v) is 6.63. The first kappa shape index (κ1) is 21.3. The molecule has 1 aliphatic rings. The van der Waals surface area contributed by atoms with E-state index >= 15 is 0 Å². The van der Waals surface area contributed by atoms with Crippen molar-refractivity contribution in [1.82, 2.24) is 24.6 Å². The molecule has 0 atom stereocenters. The summed E-state index contributed by atoms with van der Waals surface area (Å²) in [4.78, 5) is 28.2. The predicted molar refractivity (Wildman–Crippen MR) is 120 cm³/mol. The molecular formula is C22H27N5O3S. The molecule has 0 radical (unpaired) electrons. The Kier molecular flexibility index (Phi) is 6.24. The average Bonchev–Trinajstić information content (AvgIpc) is 3.33. The van der Waals surface area contributed by atoms with Gasteiger partial charge in [0, 0.05) is 69.2 Å². The number of hydrogen-bond acceptors (Lipinski definition) is 6. The lowest BCUT2D eigenvalue weighted by Crippen LogP contribution is -2.31. The Morgan fingerprint density at radius 1 is 1.32 bits per heavy atom. The van der Waals surface area contributed by atoms with E-state index in [2.05, 4.69) is 22.2 Å². The van der Waals surface area contributed by atoms with E-state index in [1.165, 1.54) is 18.7 Å². The third-order valence-electron chi connectivity index (χ3n) is 5.90. The van der Waals surface area contributed by atoms with Gasteiger partial charge in [0.05, 0.1) is 13.3 Å². The van der Waals surface area contributed by atoms with Crippen LogP contribution in [0.2, 0.25) is 0 Å². The molecule has 0 fully saturated rings. The molecule has 1 aliphatic heterocycles. The molecule has 0 saturated heterocycles. The van der Waals surface area contributed by atoms with Gasteiger partial charge >= 0.3 is 0 Å². The topological polar surface area (TPSA) is 81.4 Å². The van der Waals surface area contributed by atoms with Crippen LogP contribution in [0.4, 0.5) is 0 Å². The molecular weight excluding hydrogens is 414 g/mol. The summed E-state index contributed by atoms with van der Waals surface area (Å²) >= 11 is 1.59. The van der Waals surface area contributed by atoms with Gasteiger partial charge in [-0.15, -0.1) is 0 Å². The Bertz CT molecular complexity index is 1130. The van der Waals surface area contributed by atoms with Gasteiger partial charge in [-0.25, -0.2) is 0 Å². The van der Waals surface area contributed by atoms with Crippen molar-refractivity contribution >= 4 is 17.2 Å². The normalized spacial score (nSPS) is 14.2. The van der Waals surface area contributed by atoms with E-state index in [4.69, 9.17) is 4.74 Å². The molecule has 164 valence electrons. The van der Waals surface area contributed by atoms with Crippen LogP contribution in [-0.4, -0.2) is 45.4 Å². The van der Waals surface area contributed by atoms with Gasteiger partial charge in [0.1, 0.15) is 11.3 Å². The summed E-state index contributed by atoms with van der Waals surface area (Å²) in [5.41, 5.74) is 4.41. The Hall–Kier alpha value is -2.91. The monoisotopic (exact) mass is 441 g/mol. The fourth-order valence-electron chi connectivity index (χ4n) is 3.96. The smallest absolute Gasteiger partial charge is 0.257 e. The maximum absolute atomic E-state index is 13.1. The van der Waals surface area contributed by atoms with E-state index in [1.54, 1.807) is 15.9 Å². The highest BCUT2D eigenvalue weighted by molar-refractivity contribution is 7.07. The first-order chi connectivity index (χ1) is 15.0. The Morgan fingerprint density at radius 3 is 2.84 bits per heavy atom. The van der Waals surface area contributed by atoms with Crippen molar-refractivity contribution in [2.45, 2.75) is 33.0 Å². The first-order valence-corrected chi connectivity index (χ1v) is 11.2. The molecule has 0 saturated carbocycles. The zero-order chi connectivity index (χ0) is 22.0. The second kappa shape index (κ2) is 9.07. The van der Waals surface area contributed by atoms with Crippen LogP contribution in [0.25, 0.3) is 0 Å². The number of aryl methyl sites for hydroxylation is 1. The number of thiophene rings is 1. The van der Waals surface area contributed by atoms with Crippen LogP contribution in [0, 0.1) is 6.92 Å². The van der Waals surface area contributed by atoms with Crippen molar-refractivity contribution < 1.29 is 9.53 Å². The highest BCUT2D eigenvalue weighted by atomic mass is 32.1. The lowest BCUT2D eigenvalue weighted by molar-refractivity contribution is 0.0945. The molecule has 4 heterocycles. The van der Waals surface area contributed by atoms with Gasteiger partial charge in [-0.2, -0.15) is 16.4 Å². The molecule has 0 spiro atoms. The maximum Gasteiger partial charge on any atom is 0.257 e. The van der Waals surface area contributed by atoms with Gasteiger partial charge < -0.3 is 14.6 Å². The Balaban J connectivity index is 1.58. The molecule has 0 aromatic carbocycles. The molecule has 9 heteroatoms. The van der Waals surface area contributed by atoms with Gasteiger partial charge in [-0.05, 0) is 29.3 Å². The van der Waals surface area contributed by atoms with Crippen LogP contribution in [0.1, 0.15) is 32.9 Å². The van der Waals surface area contributed by atoms with Crippen LogP contribution in [-0.2, 0) is 33.1 Å². The lowest BCUT2D eigenvalue weighted by Gasteiger charge is -2.19. The van der Waals surface area contributed by atoms with Gasteiger partial charge in [-0.1, -0.05) is 0 Å². The molecule has 8 nitrogen and oxygen atoms in total. The molecule has 0 aliphatic carbocycles. The molecule has 1 N–H and O–H groups in total. The van der Waals surface area contributed by atoms with Crippen molar-refractivity contribution in [3.63, 3.8) is 0 Å². The largest absolute Gasteiger partial charge is 0.496 e. The maximum atomic E-state index is 13.1. The van der Waals surface area contributed by atoms with E-state index in [1.807, 2.05) is 34.8 Å². The quantitative estimate of drug-likeness (QED) is 0.632. The van der Waals surface area contributed by atoms with E-state index in [0.29, 0.717) is 30.8 Å². The molecule has 3 aromatic heterocycles. The molecule has 3 aromatic rings. The van der Waals surface area contributed by atoms with Crippen LogP contribution in [0.15, 0.2) is 33.9 Å². The number of nitrogens with one attached hydrogen (secondary N) is 1. The second-order valence-corrected chi connectivity index (χ2v) is 8.52. The molecule has 31 heavy (non-hydrogen) atoms. The second-order valence-electron chi connectivity index (χ2n) is 7.74. The number of carbonyl (C=O) groups is 1. The summed E-state index contributed by atoms with van der Waals surface area (Å²) in [5.74, 6) is 0.110. The number of hydrogen-bond donors (Lipinski definition) is 1. The number of aromatic nitrogens is 3. The van der Waals surface area contributed by atoms with E-state index in [9.17, 15) is 9.59 Å². The minimum absolute atomic E-state index is 0.138. The van der Waals surface area contributed by atoms with Gasteiger partial charge in [-0.3, -0.25) is 19.2 Å². The fraction of sp³-hybridized carbons (Fsp3) is 0.409. The van der Waals surface area contributed by atoms with Crippen molar-refractivity contribution in [3.8, 4) is 5.75 Å². The van der Waals surface area contributed by atoms with Crippen LogP contribution in [0.5, 0.6) is 5.75 Å². The average molecular weight is 442 g/mol. The van der Waals surface area contributed by atoms with Gasteiger partial charge in [0.15, 0.2) is 0 Å². The standard InChI is InChI=1S/C22H27N5O3S/c1-15-17(12-24-25(15)2)13-26-6-4-18-21(22(29)23-11-16-5-9-31-14-16)19(30-3)10-20(28)27(18)8-7-26/h5,9-10,12,14H,4,6-8,11,13H2,1-3H3,(H,23,29). The Morgan fingerprint density at radius 2 is 2.16 bits per heavy atom. The summed E-state index contributed by atoms with van der Waals surface area (Å²) in [5, 5.41) is 11.3. The third kappa shape index (κ3) is 4.42. The van der Waals surface area contributed by atoms with Gasteiger partial charge in [0.2, 0.25) is 0 Å². The van der Waals surface area contributed by atoms with Crippen molar-refractivity contribution in [2.75, 3.05) is 20.2 Å². The zero-order valence-electron chi connectivity index (χ0n) is 18.1. The Labute approximate surface area is 185 Å². The highest BCUT2D eigenvalue weighted by Gasteiger charge is 2.25. The van der Waals surface area contributed by atoms with Crippen LogP contribution < -0.4 is 15.6 Å². The predicted octanol–water partition coefficient (Wildman–Crippen LogP) is 1.95. The minimum atomic E-state index is -0.219. The number of nitrogens with zero attached hydrogens (tertiary/aromatic N) is 4. The number of pyridine rings is 1. The van der Waals surface area contributed by atoms with Crippen molar-refractivity contribution in [3.05, 3.63) is 67.5 Å². The molecule has 0 unspecified atom stereocenters. The molecule has 1 amide bonds. The van der Waals surface area contributed by atoms with Crippen LogP contribution in [0.3, 0.4) is 0 Å². The van der Waals surface area contributed by atoms with E-state index in [0.717, 1.165) is 36.6 Å². The summed E-state index contributed by atoms with van der Waals surface area (Å²) in [6.45, 7) is 5.26. The SMILES string of the molecule is COc1cc(=O)n2c(c1C(=O)NCc1ccsc1)CCN(Cc1cnn(C)c1C)CC2. The number of amides is 1. The lowest BCUT2D eigenvalue weighted by atomic mass is 10.1. The minimum Gasteiger partial charge on any atom is -0.496 e. The van der Waals surface area contributed by atoms with E-state index in [-0.39, 0.29) is 11.5 Å². The highest BCUT2D eigenvalue weighted by Crippen LogP contribution is 2.23. The summed E-state index contributed by atoms with van der Waals surface area (Å²) < 4.78 is 9.02. The van der Waals surface area contributed by atoms with Crippen molar-refractivity contribution in [1.29, 1.82) is 0 Å². The molecule has 0 bridgehead atoms. The molecule has 4 rings (SSSR count).